The molecule has 2 unspecified atom stereocenters. The van der Waals surface area contributed by atoms with Gasteiger partial charge in [-0.1, -0.05) is 96.8 Å². The Kier molecular flexibility index (Phi) is 12.9. The molecule has 0 aromatic carbocycles. The Hall–Kier alpha value is -0.0800. The van der Waals surface area contributed by atoms with Crippen molar-refractivity contribution in [1.29, 1.82) is 0 Å². The van der Waals surface area contributed by atoms with Crippen molar-refractivity contribution in [3.05, 3.63) is 5.21 Å². The minimum absolute atomic E-state index is 0.0743. The van der Waals surface area contributed by atoms with E-state index in [1.807, 2.05) is 14.1 Å². The van der Waals surface area contributed by atoms with Crippen LogP contribution in [-0.4, -0.2) is 24.8 Å². The molecule has 1 fully saturated rings. The minimum atomic E-state index is -0.0743. The Bertz CT molecular complexity index is 297. The van der Waals surface area contributed by atoms with E-state index in [-0.39, 0.29) is 4.65 Å². The van der Waals surface area contributed by atoms with Crippen LogP contribution in [0.25, 0.3) is 0 Å². The highest BCUT2D eigenvalue weighted by molar-refractivity contribution is 4.74. The highest BCUT2D eigenvalue weighted by atomic mass is 16.5. The molecule has 0 N–H and O–H groups in total. The van der Waals surface area contributed by atoms with Gasteiger partial charge < -0.3 is 9.85 Å². The molecule has 2 nitrogen and oxygen atoms in total. The van der Waals surface area contributed by atoms with E-state index in [4.69, 9.17) is 0 Å². The zero-order chi connectivity index (χ0) is 18.4. The van der Waals surface area contributed by atoms with Gasteiger partial charge in [-0.2, -0.15) is 0 Å². The molecule has 2 heteroatoms. The van der Waals surface area contributed by atoms with Gasteiger partial charge in [0, 0.05) is 6.42 Å². The van der Waals surface area contributed by atoms with E-state index in [9.17, 15) is 5.21 Å². The van der Waals surface area contributed by atoms with Crippen molar-refractivity contribution in [3.8, 4) is 0 Å². The maximum absolute atomic E-state index is 12.1. The van der Waals surface area contributed by atoms with Gasteiger partial charge in [-0.15, -0.1) is 0 Å². The van der Waals surface area contributed by atoms with Crippen molar-refractivity contribution in [1.82, 2.24) is 0 Å². The van der Waals surface area contributed by atoms with Gasteiger partial charge in [0.25, 0.3) is 0 Å². The van der Waals surface area contributed by atoms with Crippen molar-refractivity contribution in [2.24, 2.45) is 5.92 Å². The van der Waals surface area contributed by atoms with Gasteiger partial charge >= 0.3 is 0 Å². The first-order valence-electron chi connectivity index (χ1n) is 11.6. The highest BCUT2D eigenvalue weighted by Gasteiger charge is 2.28. The molecule has 0 aromatic rings. The molecule has 0 saturated heterocycles. The molecular formula is C23H47NO. The molecule has 25 heavy (non-hydrogen) atoms. The Balaban J connectivity index is 1.86. The Labute approximate surface area is 158 Å². The number of rotatable bonds is 15. The fourth-order valence-electron chi connectivity index (χ4n) is 4.54. The molecule has 0 aliphatic heterocycles. The van der Waals surface area contributed by atoms with Gasteiger partial charge in [0.1, 0.15) is 0 Å². The highest BCUT2D eigenvalue weighted by Crippen LogP contribution is 2.32. The van der Waals surface area contributed by atoms with Gasteiger partial charge in [-0.3, -0.25) is 0 Å². The number of quaternary nitrogens is 1. The summed E-state index contributed by atoms with van der Waals surface area (Å²) in [5.74, 6) is 0.831. The molecule has 0 amide bonds. The van der Waals surface area contributed by atoms with Crippen molar-refractivity contribution >= 4 is 0 Å². The molecule has 0 aromatic heterocycles. The van der Waals surface area contributed by atoms with Crippen LogP contribution >= 0.6 is 0 Å². The summed E-state index contributed by atoms with van der Waals surface area (Å²) < 4.78 is -0.0743. The molecule has 1 rings (SSSR count). The number of unbranched alkanes of at least 4 members (excludes halogenated alkanes) is 12. The van der Waals surface area contributed by atoms with Crippen LogP contribution in [0.1, 0.15) is 122 Å². The molecule has 150 valence electrons. The molecule has 1 aliphatic carbocycles. The lowest BCUT2D eigenvalue weighted by atomic mass is 9.82. The lowest BCUT2D eigenvalue weighted by Crippen LogP contribution is -2.45. The van der Waals surface area contributed by atoms with Crippen LogP contribution in [0.15, 0.2) is 0 Å². The lowest BCUT2D eigenvalue weighted by Gasteiger charge is -2.45. The smallest absolute Gasteiger partial charge is 0.0886 e. The fraction of sp³-hybridized carbons (Fsp3) is 1.00. The summed E-state index contributed by atoms with van der Waals surface area (Å²) in [6.45, 7) is 2.29. The monoisotopic (exact) mass is 353 g/mol. The molecular weight excluding hydrogens is 306 g/mol. The summed E-state index contributed by atoms with van der Waals surface area (Å²) in [7, 11) is 3.66. The third-order valence-electron chi connectivity index (χ3n) is 6.35. The third-order valence-corrected chi connectivity index (χ3v) is 6.35. The van der Waals surface area contributed by atoms with Crippen molar-refractivity contribution in [2.75, 3.05) is 14.1 Å². The van der Waals surface area contributed by atoms with Crippen molar-refractivity contribution in [2.45, 2.75) is 129 Å². The van der Waals surface area contributed by atoms with Gasteiger partial charge in [-0.05, 0) is 25.2 Å². The average Bonchev–Trinajstić information content (AvgIpc) is 2.58. The number of hydroxylamine groups is 3. The van der Waals surface area contributed by atoms with E-state index in [1.54, 1.807) is 0 Å². The molecule has 2 atom stereocenters. The number of hydrogen-bond acceptors (Lipinski definition) is 1. The average molecular weight is 354 g/mol. The van der Waals surface area contributed by atoms with Crippen LogP contribution < -0.4 is 0 Å². The van der Waals surface area contributed by atoms with Crippen LogP contribution in [0.2, 0.25) is 0 Å². The second kappa shape index (κ2) is 14.0. The Morgan fingerprint density at radius 1 is 0.720 bits per heavy atom. The first kappa shape index (κ1) is 23.0. The van der Waals surface area contributed by atoms with Crippen LogP contribution in [-0.2, 0) is 0 Å². The SMILES string of the molecule is CCCCCCCCCCCCCCCC1CCCC([N+](C)(C)[O-])C1. The standard InChI is InChI=1S/C23H47NO/c1-4-5-6-7-8-9-10-11-12-13-14-15-16-18-22-19-17-20-23(21-22)24(2,3)25/h22-23H,4-21H2,1-3H3. The molecule has 0 heterocycles. The minimum Gasteiger partial charge on any atom is -0.633 e. The molecule has 1 aliphatic rings. The number of nitrogens with zero attached hydrogens (tertiary/aromatic N) is 1. The van der Waals surface area contributed by atoms with Crippen LogP contribution in [0, 0.1) is 11.1 Å². The first-order chi connectivity index (χ1) is 12.0. The summed E-state index contributed by atoms with van der Waals surface area (Å²) in [6.07, 6.45) is 25.0. The first-order valence-corrected chi connectivity index (χ1v) is 11.6. The summed E-state index contributed by atoms with van der Waals surface area (Å²) in [5.41, 5.74) is 0. The second-order valence-corrected chi connectivity index (χ2v) is 9.15. The predicted molar refractivity (Wildman–Crippen MR) is 112 cm³/mol. The zero-order valence-electron chi connectivity index (χ0n) is 17.7. The Morgan fingerprint density at radius 3 is 1.68 bits per heavy atom. The van der Waals surface area contributed by atoms with Crippen molar-refractivity contribution in [3.63, 3.8) is 0 Å². The lowest BCUT2D eigenvalue weighted by molar-refractivity contribution is -0.868. The molecule has 1 saturated carbocycles. The van der Waals surface area contributed by atoms with E-state index in [1.165, 1.54) is 109 Å². The maximum Gasteiger partial charge on any atom is 0.0886 e. The molecule has 0 bridgehead atoms. The van der Waals surface area contributed by atoms with Crippen LogP contribution in [0.5, 0.6) is 0 Å². The van der Waals surface area contributed by atoms with Crippen molar-refractivity contribution < 1.29 is 4.65 Å². The summed E-state index contributed by atoms with van der Waals surface area (Å²) >= 11 is 0. The second-order valence-electron chi connectivity index (χ2n) is 9.15. The van der Waals surface area contributed by atoms with E-state index in [0.29, 0.717) is 6.04 Å². The van der Waals surface area contributed by atoms with Gasteiger partial charge in [0.15, 0.2) is 0 Å². The van der Waals surface area contributed by atoms with E-state index < -0.39 is 0 Å². The topological polar surface area (TPSA) is 23.1 Å². The fourth-order valence-corrected chi connectivity index (χ4v) is 4.54. The quantitative estimate of drug-likeness (QED) is 0.169. The van der Waals surface area contributed by atoms with Gasteiger partial charge in [0.05, 0.1) is 20.1 Å². The number of hydrogen-bond donors (Lipinski definition) is 0. The third kappa shape index (κ3) is 12.0. The normalized spacial score (nSPS) is 21.6. The van der Waals surface area contributed by atoms with Crippen LogP contribution in [0.4, 0.5) is 0 Å². The molecule has 0 spiro atoms. The summed E-state index contributed by atoms with van der Waals surface area (Å²) in [6, 6.07) is 0.362. The van der Waals surface area contributed by atoms with Gasteiger partial charge in [-0.25, -0.2) is 0 Å². The summed E-state index contributed by atoms with van der Waals surface area (Å²) in [4.78, 5) is 0. The van der Waals surface area contributed by atoms with E-state index >= 15 is 0 Å². The largest absolute Gasteiger partial charge is 0.633 e. The predicted octanol–water partition coefficient (Wildman–Crippen LogP) is 7.60. The molecule has 0 radical (unpaired) electrons. The maximum atomic E-state index is 12.1. The van der Waals surface area contributed by atoms with Gasteiger partial charge in [0.2, 0.25) is 0 Å². The zero-order valence-corrected chi connectivity index (χ0v) is 17.7. The summed E-state index contributed by atoms with van der Waals surface area (Å²) in [5, 5.41) is 12.1. The Morgan fingerprint density at radius 2 is 1.20 bits per heavy atom. The van der Waals surface area contributed by atoms with Crippen LogP contribution in [0.3, 0.4) is 0 Å². The van der Waals surface area contributed by atoms with E-state index in [0.717, 1.165) is 12.3 Å². The van der Waals surface area contributed by atoms with E-state index in [2.05, 4.69) is 6.92 Å².